The Morgan fingerprint density at radius 1 is 1.20 bits per heavy atom. The number of amides is 4. The zero-order valence-electron chi connectivity index (χ0n) is 8.55. The van der Waals surface area contributed by atoms with E-state index in [2.05, 4.69) is 0 Å². The summed E-state index contributed by atoms with van der Waals surface area (Å²) in [6.07, 6.45) is -0.00796. The summed E-state index contributed by atoms with van der Waals surface area (Å²) in [5.41, 5.74) is -1.43. The summed E-state index contributed by atoms with van der Waals surface area (Å²) in [5.74, 6) is -1.67. The minimum Gasteiger partial charge on any atom is -0.300 e. The maximum Gasteiger partial charge on any atom is 0.328 e. The number of hydrogen-bond donors (Lipinski definition) is 2. The average Bonchev–Trinajstić information content (AvgIpc) is 2.11. The molecule has 6 heteroatoms. The molecule has 0 radical (unpaired) electrons. The van der Waals surface area contributed by atoms with Crippen LogP contribution in [0.4, 0.5) is 4.79 Å². The molecule has 1 aliphatic rings. The number of carbonyl (C=O) groups excluding carboxylic acids is 4. The standard InChI is InChI=1S/C9H12N2O4/c1-3-9(4-5(2)12)6(13)10-8(15)11-7(9)14/h3-4H2,1-2H3,(H2,10,11,13,14,15). The lowest BCUT2D eigenvalue weighted by molar-refractivity contribution is -0.147. The molecule has 0 bridgehead atoms. The number of Topliss-reactive ketones (excluding diaryl/α,β-unsaturated/α-hetero) is 1. The molecule has 1 fully saturated rings. The third-order valence-corrected chi connectivity index (χ3v) is 2.48. The van der Waals surface area contributed by atoms with Crippen LogP contribution in [0.15, 0.2) is 0 Å². The second-order valence-electron chi connectivity index (χ2n) is 3.55. The summed E-state index contributed by atoms with van der Waals surface area (Å²) < 4.78 is 0. The first kappa shape index (κ1) is 11.4. The number of rotatable bonds is 3. The van der Waals surface area contributed by atoms with Crippen LogP contribution in [-0.2, 0) is 14.4 Å². The van der Waals surface area contributed by atoms with E-state index in [9.17, 15) is 19.2 Å². The van der Waals surface area contributed by atoms with Crippen LogP contribution in [0.1, 0.15) is 26.7 Å². The van der Waals surface area contributed by atoms with Gasteiger partial charge in [-0.1, -0.05) is 6.92 Å². The SMILES string of the molecule is CCC1(CC(C)=O)C(=O)NC(=O)NC1=O. The molecule has 4 amide bonds. The summed E-state index contributed by atoms with van der Waals surface area (Å²) in [6.45, 7) is 2.92. The molecule has 82 valence electrons. The van der Waals surface area contributed by atoms with Crippen molar-refractivity contribution in [3.05, 3.63) is 0 Å². The topological polar surface area (TPSA) is 92.3 Å². The van der Waals surface area contributed by atoms with Crippen molar-refractivity contribution in [3.8, 4) is 0 Å². The summed E-state index contributed by atoms with van der Waals surface area (Å²) in [4.78, 5) is 44.9. The molecule has 1 aliphatic heterocycles. The largest absolute Gasteiger partial charge is 0.328 e. The van der Waals surface area contributed by atoms with Crippen molar-refractivity contribution in [1.29, 1.82) is 0 Å². The number of imide groups is 2. The van der Waals surface area contributed by atoms with E-state index in [0.29, 0.717) is 0 Å². The second kappa shape index (κ2) is 3.80. The van der Waals surface area contributed by atoms with Crippen LogP contribution in [0.25, 0.3) is 0 Å². The van der Waals surface area contributed by atoms with Crippen LogP contribution in [0.3, 0.4) is 0 Å². The minimum absolute atomic E-state index is 0.178. The molecule has 1 saturated heterocycles. The van der Waals surface area contributed by atoms with E-state index in [1.165, 1.54) is 6.92 Å². The van der Waals surface area contributed by atoms with Gasteiger partial charge in [-0.05, 0) is 13.3 Å². The molecule has 6 nitrogen and oxygen atoms in total. The molecule has 15 heavy (non-hydrogen) atoms. The van der Waals surface area contributed by atoms with Crippen molar-refractivity contribution in [2.75, 3.05) is 0 Å². The van der Waals surface area contributed by atoms with Crippen LogP contribution in [0, 0.1) is 5.41 Å². The van der Waals surface area contributed by atoms with Gasteiger partial charge in [0.15, 0.2) is 0 Å². The van der Waals surface area contributed by atoms with Crippen molar-refractivity contribution in [2.24, 2.45) is 5.41 Å². The van der Waals surface area contributed by atoms with Gasteiger partial charge in [0.05, 0.1) is 0 Å². The summed E-state index contributed by atoms with van der Waals surface area (Å²) in [6, 6.07) is -0.836. The fraction of sp³-hybridized carbons (Fsp3) is 0.556. The Balaban J connectivity index is 3.05. The lowest BCUT2D eigenvalue weighted by Gasteiger charge is -2.31. The van der Waals surface area contributed by atoms with Crippen LogP contribution in [-0.4, -0.2) is 23.6 Å². The molecular weight excluding hydrogens is 200 g/mol. The molecule has 0 spiro atoms. The van der Waals surface area contributed by atoms with Gasteiger partial charge in [0, 0.05) is 6.42 Å². The molecule has 1 heterocycles. The Bertz CT molecular complexity index is 328. The predicted molar refractivity (Wildman–Crippen MR) is 49.7 cm³/mol. The number of ketones is 1. The third kappa shape index (κ3) is 1.88. The van der Waals surface area contributed by atoms with E-state index in [4.69, 9.17) is 0 Å². The highest BCUT2D eigenvalue weighted by molar-refractivity contribution is 6.20. The van der Waals surface area contributed by atoms with E-state index >= 15 is 0 Å². The predicted octanol–water partition coefficient (Wildman–Crippen LogP) is -0.272. The lowest BCUT2D eigenvalue weighted by Crippen LogP contribution is -2.62. The first-order valence-corrected chi connectivity index (χ1v) is 4.58. The van der Waals surface area contributed by atoms with Gasteiger partial charge in [-0.3, -0.25) is 25.0 Å². The lowest BCUT2D eigenvalue weighted by atomic mass is 9.77. The van der Waals surface area contributed by atoms with Crippen molar-refractivity contribution in [3.63, 3.8) is 0 Å². The average molecular weight is 212 g/mol. The Hall–Kier alpha value is -1.72. The fourth-order valence-electron chi connectivity index (χ4n) is 1.61. The molecule has 0 aromatic rings. The second-order valence-corrected chi connectivity index (χ2v) is 3.55. The highest BCUT2D eigenvalue weighted by Crippen LogP contribution is 2.29. The molecule has 0 aromatic heterocycles. The Morgan fingerprint density at radius 3 is 2.00 bits per heavy atom. The fourth-order valence-corrected chi connectivity index (χ4v) is 1.61. The Kier molecular flexibility index (Phi) is 2.88. The molecule has 0 saturated carbocycles. The number of nitrogens with one attached hydrogen (secondary N) is 2. The van der Waals surface area contributed by atoms with E-state index < -0.39 is 23.3 Å². The van der Waals surface area contributed by atoms with Crippen molar-refractivity contribution in [1.82, 2.24) is 10.6 Å². The Labute approximate surface area is 86.4 Å². The maximum absolute atomic E-state index is 11.6. The zero-order chi connectivity index (χ0) is 11.6. The van der Waals surface area contributed by atoms with E-state index in [1.54, 1.807) is 6.92 Å². The number of carbonyl (C=O) groups is 4. The van der Waals surface area contributed by atoms with Gasteiger partial charge in [0.1, 0.15) is 11.2 Å². The summed E-state index contributed by atoms with van der Waals surface area (Å²) >= 11 is 0. The van der Waals surface area contributed by atoms with Crippen molar-refractivity contribution in [2.45, 2.75) is 26.7 Å². The zero-order valence-corrected chi connectivity index (χ0v) is 8.55. The smallest absolute Gasteiger partial charge is 0.300 e. The van der Waals surface area contributed by atoms with Crippen LogP contribution >= 0.6 is 0 Å². The molecule has 2 N–H and O–H groups in total. The van der Waals surface area contributed by atoms with Gasteiger partial charge in [-0.25, -0.2) is 4.79 Å². The van der Waals surface area contributed by atoms with E-state index in [0.717, 1.165) is 0 Å². The number of urea groups is 1. The molecular formula is C9H12N2O4. The normalized spacial score (nSPS) is 19.5. The quantitative estimate of drug-likeness (QED) is 0.630. The van der Waals surface area contributed by atoms with Gasteiger partial charge in [0.25, 0.3) is 0 Å². The number of barbiturate groups is 1. The molecule has 0 aromatic carbocycles. The van der Waals surface area contributed by atoms with E-state index in [1.807, 2.05) is 10.6 Å². The summed E-state index contributed by atoms with van der Waals surface area (Å²) in [7, 11) is 0. The maximum atomic E-state index is 11.6. The third-order valence-electron chi connectivity index (χ3n) is 2.48. The van der Waals surface area contributed by atoms with Crippen LogP contribution in [0.5, 0.6) is 0 Å². The van der Waals surface area contributed by atoms with Gasteiger partial charge >= 0.3 is 6.03 Å². The highest BCUT2D eigenvalue weighted by atomic mass is 16.2. The molecule has 0 unspecified atom stereocenters. The van der Waals surface area contributed by atoms with Crippen molar-refractivity contribution < 1.29 is 19.2 Å². The molecule has 0 aliphatic carbocycles. The minimum atomic E-state index is -1.43. The Morgan fingerprint density at radius 2 is 1.67 bits per heavy atom. The summed E-state index contributed by atoms with van der Waals surface area (Å²) in [5, 5.41) is 3.99. The molecule has 1 rings (SSSR count). The monoisotopic (exact) mass is 212 g/mol. The van der Waals surface area contributed by atoms with Crippen molar-refractivity contribution >= 4 is 23.6 Å². The first-order chi connectivity index (χ1) is 6.92. The van der Waals surface area contributed by atoms with Gasteiger partial charge < -0.3 is 0 Å². The van der Waals surface area contributed by atoms with Crippen LogP contribution < -0.4 is 10.6 Å². The van der Waals surface area contributed by atoms with Gasteiger partial charge in [-0.2, -0.15) is 0 Å². The van der Waals surface area contributed by atoms with Crippen LogP contribution in [0.2, 0.25) is 0 Å². The first-order valence-electron chi connectivity index (χ1n) is 4.58. The molecule has 0 atom stereocenters. The highest BCUT2D eigenvalue weighted by Gasteiger charge is 2.49. The van der Waals surface area contributed by atoms with E-state index in [-0.39, 0.29) is 18.6 Å². The van der Waals surface area contributed by atoms with Gasteiger partial charge in [-0.15, -0.1) is 0 Å². The number of hydrogen-bond acceptors (Lipinski definition) is 4. The van der Waals surface area contributed by atoms with Gasteiger partial charge in [0.2, 0.25) is 11.8 Å².